The van der Waals surface area contributed by atoms with E-state index in [1.807, 2.05) is 24.3 Å². The summed E-state index contributed by atoms with van der Waals surface area (Å²) in [7, 11) is 0. The number of aromatic carboxylic acids is 1. The predicted molar refractivity (Wildman–Crippen MR) is 74.9 cm³/mol. The lowest BCUT2D eigenvalue weighted by Gasteiger charge is -2.08. The van der Waals surface area contributed by atoms with Crippen molar-refractivity contribution in [2.45, 2.75) is 9.92 Å². The summed E-state index contributed by atoms with van der Waals surface area (Å²) in [5.41, 5.74) is 0.920. The number of aromatic nitrogens is 3. The maximum Gasteiger partial charge on any atom is 0.338 e. The minimum Gasteiger partial charge on any atom is -0.478 e. The summed E-state index contributed by atoms with van der Waals surface area (Å²) in [6.07, 6.45) is 6.13. The first kappa shape index (κ1) is 12.6. The number of hydrogen-bond donors (Lipinski definition) is 1. The van der Waals surface area contributed by atoms with Crippen LogP contribution >= 0.6 is 11.8 Å². The minimum atomic E-state index is -1.00. The number of carbonyl (C=O) groups is 1. The molecule has 3 rings (SSSR count). The number of nitrogens with zero attached hydrogens (tertiary/aromatic N) is 3. The van der Waals surface area contributed by atoms with Gasteiger partial charge in [-0.05, 0) is 6.07 Å². The van der Waals surface area contributed by atoms with Gasteiger partial charge < -0.3 is 5.11 Å². The molecule has 0 spiro atoms. The molecule has 6 heteroatoms. The fourth-order valence-electron chi connectivity index (χ4n) is 1.82. The zero-order valence-electron chi connectivity index (χ0n) is 10.2. The number of carboxylic acids is 1. The average molecular weight is 283 g/mol. The standard InChI is InChI=1S/C14H9N3O2S/c18-14(19)10-7-17-11-4-2-1-3-9(11)13(10)20-12-8-15-5-6-16-12/h1-8H,(H,18,19). The Morgan fingerprint density at radius 1 is 1.10 bits per heavy atom. The van der Waals surface area contributed by atoms with Gasteiger partial charge in [0.15, 0.2) is 0 Å². The number of carboxylic acid groups (broad SMARTS) is 1. The molecule has 0 amide bonds. The Morgan fingerprint density at radius 3 is 2.70 bits per heavy atom. The van der Waals surface area contributed by atoms with Gasteiger partial charge in [0.2, 0.25) is 0 Å². The third-order valence-electron chi connectivity index (χ3n) is 2.70. The minimum absolute atomic E-state index is 0.166. The smallest absolute Gasteiger partial charge is 0.338 e. The zero-order valence-corrected chi connectivity index (χ0v) is 11.0. The van der Waals surface area contributed by atoms with Crippen molar-refractivity contribution < 1.29 is 9.90 Å². The van der Waals surface area contributed by atoms with Crippen LogP contribution in [-0.4, -0.2) is 26.0 Å². The lowest BCUT2D eigenvalue weighted by atomic mass is 10.1. The van der Waals surface area contributed by atoms with Gasteiger partial charge in [0.05, 0.1) is 17.3 Å². The third-order valence-corrected chi connectivity index (χ3v) is 3.77. The molecular formula is C14H9N3O2S. The average Bonchev–Trinajstić information content (AvgIpc) is 2.48. The van der Waals surface area contributed by atoms with E-state index in [4.69, 9.17) is 0 Å². The molecule has 0 aliphatic heterocycles. The summed E-state index contributed by atoms with van der Waals surface area (Å²) in [4.78, 5) is 24.3. The molecule has 0 fully saturated rings. The second-order valence-corrected chi connectivity index (χ2v) is 5.00. The summed E-state index contributed by atoms with van der Waals surface area (Å²) < 4.78 is 0. The van der Waals surface area contributed by atoms with Crippen LogP contribution in [0.4, 0.5) is 0 Å². The molecule has 0 aliphatic carbocycles. The van der Waals surface area contributed by atoms with Crippen LogP contribution in [0.15, 0.2) is 59.0 Å². The number of benzene rings is 1. The molecule has 0 aliphatic rings. The monoisotopic (exact) mass is 283 g/mol. The Bertz CT molecular complexity index is 778. The highest BCUT2D eigenvalue weighted by Gasteiger charge is 2.16. The van der Waals surface area contributed by atoms with Crippen molar-refractivity contribution in [1.29, 1.82) is 0 Å². The van der Waals surface area contributed by atoms with E-state index in [1.165, 1.54) is 18.0 Å². The molecule has 0 saturated heterocycles. The molecule has 0 bridgehead atoms. The highest BCUT2D eigenvalue weighted by molar-refractivity contribution is 7.99. The van der Waals surface area contributed by atoms with Gasteiger partial charge in [-0.1, -0.05) is 30.0 Å². The normalized spacial score (nSPS) is 10.6. The van der Waals surface area contributed by atoms with Crippen LogP contribution in [0.3, 0.4) is 0 Å². The number of pyridine rings is 1. The second kappa shape index (κ2) is 5.26. The van der Waals surface area contributed by atoms with Crippen molar-refractivity contribution in [1.82, 2.24) is 15.0 Å². The lowest BCUT2D eigenvalue weighted by Crippen LogP contribution is -2.01. The van der Waals surface area contributed by atoms with E-state index >= 15 is 0 Å². The largest absolute Gasteiger partial charge is 0.478 e. The van der Waals surface area contributed by atoms with E-state index in [-0.39, 0.29) is 5.56 Å². The van der Waals surface area contributed by atoms with Gasteiger partial charge in [0, 0.05) is 28.9 Å². The van der Waals surface area contributed by atoms with Crippen molar-refractivity contribution in [2.75, 3.05) is 0 Å². The van der Waals surface area contributed by atoms with Crippen LogP contribution in [0.25, 0.3) is 10.9 Å². The first-order chi connectivity index (χ1) is 9.75. The highest BCUT2D eigenvalue weighted by atomic mass is 32.2. The van der Waals surface area contributed by atoms with Crippen molar-refractivity contribution in [3.63, 3.8) is 0 Å². The molecule has 1 N–H and O–H groups in total. The first-order valence-corrected chi connectivity index (χ1v) is 6.62. The van der Waals surface area contributed by atoms with Crippen LogP contribution < -0.4 is 0 Å². The van der Waals surface area contributed by atoms with Crippen molar-refractivity contribution in [3.05, 3.63) is 54.6 Å². The fraction of sp³-hybridized carbons (Fsp3) is 0. The van der Waals surface area contributed by atoms with Crippen LogP contribution in [0.2, 0.25) is 0 Å². The molecule has 1 aromatic carbocycles. The van der Waals surface area contributed by atoms with Gasteiger partial charge in [-0.2, -0.15) is 0 Å². The Labute approximate surface area is 118 Å². The molecule has 2 aromatic heterocycles. The molecule has 20 heavy (non-hydrogen) atoms. The van der Waals surface area contributed by atoms with Crippen molar-refractivity contribution in [2.24, 2.45) is 0 Å². The van der Waals surface area contributed by atoms with Gasteiger partial charge in [-0.25, -0.2) is 9.78 Å². The Hall–Kier alpha value is -2.47. The number of fused-ring (bicyclic) bond motifs is 1. The van der Waals surface area contributed by atoms with E-state index in [9.17, 15) is 9.90 Å². The Balaban J connectivity index is 2.20. The van der Waals surface area contributed by atoms with Gasteiger partial charge in [0.25, 0.3) is 0 Å². The number of hydrogen-bond acceptors (Lipinski definition) is 5. The SMILES string of the molecule is O=C(O)c1cnc2ccccc2c1Sc1cnccn1. The van der Waals surface area contributed by atoms with Crippen LogP contribution in [0.1, 0.15) is 10.4 Å². The van der Waals surface area contributed by atoms with Gasteiger partial charge >= 0.3 is 5.97 Å². The van der Waals surface area contributed by atoms with E-state index in [0.29, 0.717) is 9.92 Å². The third kappa shape index (κ3) is 2.33. The quantitative estimate of drug-likeness (QED) is 0.796. The number of para-hydroxylation sites is 1. The summed E-state index contributed by atoms with van der Waals surface area (Å²) in [6, 6.07) is 7.43. The van der Waals surface area contributed by atoms with E-state index in [1.54, 1.807) is 18.6 Å². The van der Waals surface area contributed by atoms with Crippen molar-refractivity contribution in [3.8, 4) is 0 Å². The molecule has 5 nitrogen and oxygen atoms in total. The molecule has 0 atom stereocenters. The summed E-state index contributed by atoms with van der Waals surface area (Å²) in [5.74, 6) is -1.00. The zero-order chi connectivity index (χ0) is 13.9. The van der Waals surface area contributed by atoms with Gasteiger partial charge in [0.1, 0.15) is 5.03 Å². The predicted octanol–water partition coefficient (Wildman–Crippen LogP) is 2.87. The molecule has 0 unspecified atom stereocenters. The van der Waals surface area contributed by atoms with Crippen molar-refractivity contribution >= 4 is 28.6 Å². The molecule has 3 aromatic rings. The Kier molecular flexibility index (Phi) is 3.30. The highest BCUT2D eigenvalue weighted by Crippen LogP contribution is 2.34. The topological polar surface area (TPSA) is 76.0 Å². The van der Waals surface area contributed by atoms with E-state index < -0.39 is 5.97 Å². The van der Waals surface area contributed by atoms with Crippen LogP contribution in [-0.2, 0) is 0 Å². The summed E-state index contributed by atoms with van der Waals surface area (Å²) >= 11 is 1.28. The van der Waals surface area contributed by atoms with Gasteiger partial charge in [-0.15, -0.1) is 0 Å². The maximum atomic E-state index is 11.4. The van der Waals surface area contributed by atoms with E-state index in [0.717, 1.165) is 10.9 Å². The maximum absolute atomic E-state index is 11.4. The lowest BCUT2D eigenvalue weighted by molar-refractivity contribution is 0.0693. The fourth-order valence-corrected chi connectivity index (χ4v) is 2.79. The van der Waals surface area contributed by atoms with Gasteiger partial charge in [-0.3, -0.25) is 9.97 Å². The number of rotatable bonds is 3. The summed E-state index contributed by atoms with van der Waals surface area (Å²) in [5, 5.41) is 10.8. The molecular weight excluding hydrogens is 274 g/mol. The molecule has 98 valence electrons. The second-order valence-electron chi connectivity index (χ2n) is 3.97. The van der Waals surface area contributed by atoms with Crippen LogP contribution in [0.5, 0.6) is 0 Å². The Morgan fingerprint density at radius 2 is 1.95 bits per heavy atom. The van der Waals surface area contributed by atoms with E-state index in [2.05, 4.69) is 15.0 Å². The molecule has 2 heterocycles. The summed E-state index contributed by atoms with van der Waals surface area (Å²) in [6.45, 7) is 0. The first-order valence-electron chi connectivity index (χ1n) is 5.80. The molecule has 0 radical (unpaired) electrons. The molecule has 0 saturated carbocycles. The van der Waals surface area contributed by atoms with Crippen LogP contribution in [0, 0.1) is 0 Å².